The molecule has 0 aliphatic carbocycles. The summed E-state index contributed by atoms with van der Waals surface area (Å²) in [6.07, 6.45) is 5.62. The van der Waals surface area contributed by atoms with Crippen molar-refractivity contribution >= 4 is 40.0 Å². The van der Waals surface area contributed by atoms with Gasteiger partial charge in [-0.15, -0.1) is 0 Å². The third-order valence-corrected chi connectivity index (χ3v) is 9.30. The number of halogens is 2. The summed E-state index contributed by atoms with van der Waals surface area (Å²) in [5, 5.41) is 15.2. The van der Waals surface area contributed by atoms with Gasteiger partial charge < -0.3 is 24.8 Å². The summed E-state index contributed by atoms with van der Waals surface area (Å²) in [5.41, 5.74) is 2.74. The van der Waals surface area contributed by atoms with Crippen molar-refractivity contribution in [3.63, 3.8) is 0 Å². The van der Waals surface area contributed by atoms with Gasteiger partial charge in [-0.1, -0.05) is 42.8 Å². The smallest absolute Gasteiger partial charge is 0.319 e. The monoisotopic (exact) mass is 635 g/mol. The Bertz CT molecular complexity index is 1600. The summed E-state index contributed by atoms with van der Waals surface area (Å²) in [5.74, 6) is 0.299. The standard InChI is InChI=1S/C35H43ClFN5O3/c1-21(16-41-11-12-44-24(4)17-41)20-45-35-39-33-29(34(40-35)42-18-26-9-10-27(19-42)38-26)15-30(36)31(32(33)37)23(3)13-28(43)14-25-8-6-5-7-22(25)2/h5-8,13-15,21,24,26-27,38,43H,9-12,16-20H2,1-4H3/b23-13+,28-14+/t21-,24-,26?,27?/m1/s1. The predicted octanol–water partition coefficient (Wildman–Crippen LogP) is 6.41. The van der Waals surface area contributed by atoms with E-state index in [1.165, 1.54) is 6.08 Å². The number of aliphatic hydroxyl groups is 1. The highest BCUT2D eigenvalue weighted by molar-refractivity contribution is 6.33. The number of benzene rings is 2. The summed E-state index contributed by atoms with van der Waals surface area (Å²) in [4.78, 5) is 14.1. The molecule has 2 bridgehead atoms. The lowest BCUT2D eigenvalue weighted by molar-refractivity contribution is -0.0242. The van der Waals surface area contributed by atoms with Crippen LogP contribution >= 0.6 is 11.6 Å². The van der Waals surface area contributed by atoms with Gasteiger partial charge in [0.2, 0.25) is 0 Å². The number of aryl methyl sites for hydroxylation is 1. The molecule has 2 unspecified atom stereocenters. The molecule has 0 saturated carbocycles. The van der Waals surface area contributed by atoms with E-state index in [1.54, 1.807) is 19.1 Å². The number of hydrogen-bond acceptors (Lipinski definition) is 8. The fourth-order valence-corrected chi connectivity index (χ4v) is 7.15. The highest BCUT2D eigenvalue weighted by atomic mass is 35.5. The number of hydrogen-bond donors (Lipinski definition) is 2. The molecular weight excluding hydrogens is 593 g/mol. The van der Waals surface area contributed by atoms with E-state index in [2.05, 4.69) is 33.9 Å². The Morgan fingerprint density at radius 3 is 2.71 bits per heavy atom. The van der Waals surface area contributed by atoms with Gasteiger partial charge in [0.25, 0.3) is 0 Å². The minimum Gasteiger partial charge on any atom is -0.508 e. The first kappa shape index (κ1) is 31.7. The van der Waals surface area contributed by atoms with E-state index in [9.17, 15) is 5.11 Å². The van der Waals surface area contributed by atoms with Crippen molar-refractivity contribution < 1.29 is 19.0 Å². The summed E-state index contributed by atoms with van der Waals surface area (Å²) < 4.78 is 28.4. The predicted molar refractivity (Wildman–Crippen MR) is 179 cm³/mol. The highest BCUT2D eigenvalue weighted by Gasteiger charge is 2.34. The highest BCUT2D eigenvalue weighted by Crippen LogP contribution is 2.38. The molecule has 2 aromatic carbocycles. The normalized spacial score (nSPS) is 23.5. The molecule has 2 N–H and O–H groups in total. The van der Waals surface area contributed by atoms with Crippen LogP contribution in [0.2, 0.25) is 5.02 Å². The minimum absolute atomic E-state index is 0.00436. The summed E-state index contributed by atoms with van der Waals surface area (Å²) in [7, 11) is 0. The van der Waals surface area contributed by atoms with Crippen LogP contribution in [0, 0.1) is 18.7 Å². The second-order valence-electron chi connectivity index (χ2n) is 12.9. The molecule has 3 aliphatic heterocycles. The van der Waals surface area contributed by atoms with Gasteiger partial charge in [0.15, 0.2) is 5.82 Å². The molecule has 4 heterocycles. The number of nitrogens with one attached hydrogen (secondary N) is 1. The number of rotatable bonds is 9. The second-order valence-corrected chi connectivity index (χ2v) is 13.3. The van der Waals surface area contributed by atoms with Gasteiger partial charge in [-0.3, -0.25) is 4.90 Å². The number of aliphatic hydroxyl groups excluding tert-OH is 1. The molecule has 45 heavy (non-hydrogen) atoms. The maximum absolute atomic E-state index is 16.5. The number of ether oxygens (including phenoxy) is 2. The SMILES string of the molecule is C/C(=C\C(O)=C/c1ccccc1C)c1c(Cl)cc2c(N3CC4CCC(C3)N4)nc(OC[C@H](C)CN3CCO[C@H](C)C3)nc2c1F. The molecule has 8 nitrogen and oxygen atoms in total. The topological polar surface area (TPSA) is 83.0 Å². The number of fused-ring (bicyclic) bond motifs is 3. The average molecular weight is 636 g/mol. The van der Waals surface area contributed by atoms with Crippen molar-refractivity contribution in [3.8, 4) is 6.01 Å². The Hall–Kier alpha value is -3.24. The number of piperazine rings is 1. The number of allylic oxidation sites excluding steroid dienone is 2. The maximum Gasteiger partial charge on any atom is 0.319 e. The van der Waals surface area contributed by atoms with Crippen LogP contribution in [0.15, 0.2) is 42.2 Å². The summed E-state index contributed by atoms with van der Waals surface area (Å²) >= 11 is 6.79. The first-order valence-corrected chi connectivity index (χ1v) is 16.3. The van der Waals surface area contributed by atoms with Crippen LogP contribution in [0.25, 0.3) is 22.6 Å². The van der Waals surface area contributed by atoms with Crippen molar-refractivity contribution in [1.29, 1.82) is 0 Å². The molecule has 240 valence electrons. The van der Waals surface area contributed by atoms with Crippen molar-refractivity contribution in [2.24, 2.45) is 5.92 Å². The number of aromatic nitrogens is 2. The van der Waals surface area contributed by atoms with E-state index in [1.807, 2.05) is 31.2 Å². The third-order valence-electron chi connectivity index (χ3n) is 9.00. The van der Waals surface area contributed by atoms with Crippen LogP contribution in [-0.4, -0.2) is 84.1 Å². The number of anilines is 1. The molecular formula is C35H43ClFN5O3. The Morgan fingerprint density at radius 1 is 1.22 bits per heavy atom. The van der Waals surface area contributed by atoms with Gasteiger partial charge in [-0.25, -0.2) is 4.39 Å². The zero-order valence-electron chi connectivity index (χ0n) is 26.5. The van der Waals surface area contributed by atoms with Crippen molar-refractivity contribution in [2.45, 2.75) is 58.7 Å². The molecule has 6 rings (SSSR count). The lowest BCUT2D eigenvalue weighted by Crippen LogP contribution is -2.51. The van der Waals surface area contributed by atoms with Crippen molar-refractivity contribution in [2.75, 3.05) is 50.8 Å². The fourth-order valence-electron chi connectivity index (χ4n) is 6.81. The van der Waals surface area contributed by atoms with Crippen LogP contribution in [0.5, 0.6) is 6.01 Å². The molecule has 3 fully saturated rings. The molecule has 0 spiro atoms. The van der Waals surface area contributed by atoms with Gasteiger partial charge in [-0.05, 0) is 68.5 Å². The molecule has 3 saturated heterocycles. The third kappa shape index (κ3) is 7.27. The molecule has 4 atom stereocenters. The van der Waals surface area contributed by atoms with Gasteiger partial charge in [0.1, 0.15) is 17.1 Å². The molecule has 0 amide bonds. The van der Waals surface area contributed by atoms with Crippen LogP contribution in [0.1, 0.15) is 50.3 Å². The van der Waals surface area contributed by atoms with Gasteiger partial charge in [0, 0.05) is 61.7 Å². The van der Waals surface area contributed by atoms with E-state index >= 15 is 4.39 Å². The van der Waals surface area contributed by atoms with E-state index in [0.717, 1.165) is 63.3 Å². The van der Waals surface area contributed by atoms with Crippen LogP contribution in [-0.2, 0) is 4.74 Å². The first-order chi connectivity index (χ1) is 21.6. The number of nitrogens with zero attached hydrogens (tertiary/aromatic N) is 4. The van der Waals surface area contributed by atoms with Crippen molar-refractivity contribution in [3.05, 3.63) is 69.7 Å². The van der Waals surface area contributed by atoms with Crippen molar-refractivity contribution in [1.82, 2.24) is 20.2 Å². The van der Waals surface area contributed by atoms with Gasteiger partial charge in [-0.2, -0.15) is 9.97 Å². The van der Waals surface area contributed by atoms with Crippen LogP contribution in [0.3, 0.4) is 0 Å². The van der Waals surface area contributed by atoms with E-state index in [4.69, 9.17) is 26.1 Å². The van der Waals surface area contributed by atoms with Gasteiger partial charge >= 0.3 is 6.01 Å². The molecule has 10 heteroatoms. The number of morpholine rings is 1. The van der Waals surface area contributed by atoms with Gasteiger partial charge in [0.05, 0.1) is 24.3 Å². The largest absolute Gasteiger partial charge is 0.508 e. The Balaban J connectivity index is 1.33. The second kappa shape index (κ2) is 13.6. The molecule has 1 aromatic heterocycles. The zero-order valence-corrected chi connectivity index (χ0v) is 27.3. The lowest BCUT2D eigenvalue weighted by Gasteiger charge is -2.34. The molecule has 0 radical (unpaired) electrons. The summed E-state index contributed by atoms with van der Waals surface area (Å²) in [6.45, 7) is 13.3. The fraction of sp³-hybridized carbons (Fsp3) is 0.486. The van der Waals surface area contributed by atoms with E-state index in [0.29, 0.717) is 35.5 Å². The zero-order chi connectivity index (χ0) is 31.7. The Labute approximate surface area is 269 Å². The quantitative estimate of drug-likeness (QED) is 0.206. The lowest BCUT2D eigenvalue weighted by atomic mass is 10.0. The maximum atomic E-state index is 16.5. The summed E-state index contributed by atoms with van der Waals surface area (Å²) in [6, 6.07) is 10.4. The Morgan fingerprint density at radius 2 is 1.98 bits per heavy atom. The average Bonchev–Trinajstić information content (AvgIpc) is 3.34. The first-order valence-electron chi connectivity index (χ1n) is 16.0. The Kier molecular flexibility index (Phi) is 9.61. The van der Waals surface area contributed by atoms with E-state index < -0.39 is 5.82 Å². The molecule has 3 aromatic rings. The van der Waals surface area contributed by atoms with Crippen LogP contribution < -0.4 is 15.0 Å². The molecule has 3 aliphatic rings. The van der Waals surface area contributed by atoms with Crippen LogP contribution in [0.4, 0.5) is 10.2 Å². The van der Waals surface area contributed by atoms with E-state index in [-0.39, 0.29) is 39.9 Å². The minimum atomic E-state index is -0.558.